The summed E-state index contributed by atoms with van der Waals surface area (Å²) in [6.45, 7) is 3.39. The molecule has 1 N–H and O–H groups in total. The highest BCUT2D eigenvalue weighted by Crippen LogP contribution is 2.30. The van der Waals surface area contributed by atoms with Crippen LogP contribution >= 0.6 is 11.3 Å². The van der Waals surface area contributed by atoms with Crippen LogP contribution < -0.4 is 10.2 Å². The van der Waals surface area contributed by atoms with E-state index >= 15 is 0 Å². The molecule has 3 heterocycles. The third kappa shape index (κ3) is 3.24. The monoisotopic (exact) mass is 342 g/mol. The molecular weight excluding hydrogens is 320 g/mol. The van der Waals surface area contributed by atoms with Crippen molar-refractivity contribution in [3.63, 3.8) is 0 Å². The predicted octanol–water partition coefficient (Wildman–Crippen LogP) is 3.24. The van der Waals surface area contributed by atoms with Crippen molar-refractivity contribution in [2.24, 2.45) is 0 Å². The van der Waals surface area contributed by atoms with E-state index in [-0.39, 0.29) is 12.1 Å². The Morgan fingerprint density at radius 1 is 1.25 bits per heavy atom. The van der Waals surface area contributed by atoms with Crippen molar-refractivity contribution in [2.75, 3.05) is 31.1 Å². The number of hydrogen-bond donors (Lipinski definition) is 1. The summed E-state index contributed by atoms with van der Waals surface area (Å²) < 4.78 is 1.22. The number of anilines is 1. The lowest BCUT2D eigenvalue weighted by Crippen LogP contribution is -2.52. The van der Waals surface area contributed by atoms with E-state index in [0.717, 1.165) is 56.1 Å². The van der Waals surface area contributed by atoms with Gasteiger partial charge in [-0.05, 0) is 31.4 Å². The van der Waals surface area contributed by atoms with Gasteiger partial charge in [-0.3, -0.25) is 0 Å². The van der Waals surface area contributed by atoms with Gasteiger partial charge in [0.05, 0.1) is 10.2 Å². The third-order valence-corrected chi connectivity index (χ3v) is 5.74. The predicted molar refractivity (Wildman–Crippen MR) is 98.7 cm³/mol. The van der Waals surface area contributed by atoms with E-state index in [4.69, 9.17) is 4.98 Å². The zero-order valence-electron chi connectivity index (χ0n) is 13.6. The van der Waals surface area contributed by atoms with Crippen LogP contribution in [0.4, 0.5) is 9.93 Å². The number of amides is 2. The van der Waals surface area contributed by atoms with E-state index in [1.54, 1.807) is 11.3 Å². The molecule has 1 saturated heterocycles. The maximum absolute atomic E-state index is 12.4. The highest BCUT2D eigenvalue weighted by Gasteiger charge is 2.25. The number of thiazole rings is 1. The second-order valence-electron chi connectivity index (χ2n) is 6.40. The Balaban J connectivity index is 1.41. The van der Waals surface area contributed by atoms with Gasteiger partial charge in [0.2, 0.25) is 0 Å². The zero-order valence-corrected chi connectivity index (χ0v) is 14.5. The number of benzene rings is 1. The van der Waals surface area contributed by atoms with E-state index in [1.807, 2.05) is 11.0 Å². The molecule has 126 valence electrons. The standard InChI is InChI=1S/C18H22N4OS/c23-17(21-10-4-1-5-11-21)19-14-7-6-12-22(13-14)18-20-15-8-2-3-9-16(15)24-18/h1-4,8-9,14H,5-7,10-13H2,(H,19,23)/t14-/m0/s1. The number of aromatic nitrogens is 1. The minimum atomic E-state index is 0.0653. The van der Waals surface area contributed by atoms with Gasteiger partial charge in [0.1, 0.15) is 0 Å². The quantitative estimate of drug-likeness (QED) is 0.853. The van der Waals surface area contributed by atoms with Crippen LogP contribution in [0.1, 0.15) is 19.3 Å². The molecule has 24 heavy (non-hydrogen) atoms. The fourth-order valence-corrected chi connectivity index (χ4v) is 4.36. The summed E-state index contributed by atoms with van der Waals surface area (Å²) in [5.74, 6) is 0. The van der Waals surface area contributed by atoms with E-state index in [9.17, 15) is 4.79 Å². The number of fused-ring (bicyclic) bond motifs is 1. The first-order valence-corrected chi connectivity index (χ1v) is 9.42. The van der Waals surface area contributed by atoms with Crippen LogP contribution in [-0.2, 0) is 0 Å². The van der Waals surface area contributed by atoms with E-state index in [1.165, 1.54) is 4.70 Å². The second kappa shape index (κ2) is 6.81. The molecule has 0 spiro atoms. The number of urea groups is 1. The maximum atomic E-state index is 12.4. The van der Waals surface area contributed by atoms with Crippen LogP contribution in [0.3, 0.4) is 0 Å². The summed E-state index contributed by atoms with van der Waals surface area (Å²) in [4.78, 5) is 21.4. The van der Waals surface area contributed by atoms with Gasteiger partial charge in [0.15, 0.2) is 5.13 Å². The summed E-state index contributed by atoms with van der Waals surface area (Å²) >= 11 is 1.74. The van der Waals surface area contributed by atoms with Crippen molar-refractivity contribution in [2.45, 2.75) is 25.3 Å². The van der Waals surface area contributed by atoms with Gasteiger partial charge in [-0.1, -0.05) is 35.6 Å². The van der Waals surface area contributed by atoms with E-state index in [0.29, 0.717) is 0 Å². The average molecular weight is 342 g/mol. The number of nitrogens with zero attached hydrogens (tertiary/aromatic N) is 3. The van der Waals surface area contributed by atoms with Crippen LogP contribution in [-0.4, -0.2) is 48.1 Å². The normalized spacial score (nSPS) is 21.2. The summed E-state index contributed by atoms with van der Waals surface area (Å²) in [5.41, 5.74) is 1.06. The Hall–Kier alpha value is -2.08. The molecule has 2 aromatic rings. The van der Waals surface area contributed by atoms with Gasteiger partial charge < -0.3 is 15.1 Å². The lowest BCUT2D eigenvalue weighted by atomic mass is 10.1. The molecule has 1 fully saturated rings. The number of carbonyl (C=O) groups excluding carboxylic acids is 1. The van der Waals surface area contributed by atoms with Crippen LogP contribution in [0.15, 0.2) is 36.4 Å². The number of hydrogen-bond acceptors (Lipinski definition) is 4. The first-order valence-electron chi connectivity index (χ1n) is 8.60. The van der Waals surface area contributed by atoms with Crippen molar-refractivity contribution in [3.05, 3.63) is 36.4 Å². The minimum Gasteiger partial charge on any atom is -0.346 e. The maximum Gasteiger partial charge on any atom is 0.317 e. The van der Waals surface area contributed by atoms with Crippen molar-refractivity contribution in [3.8, 4) is 0 Å². The summed E-state index contributed by atoms with van der Waals surface area (Å²) in [5, 5.41) is 4.28. The topological polar surface area (TPSA) is 48.5 Å². The van der Waals surface area contributed by atoms with Crippen molar-refractivity contribution in [1.82, 2.24) is 15.2 Å². The van der Waals surface area contributed by atoms with Crippen LogP contribution in [0, 0.1) is 0 Å². The molecule has 2 amide bonds. The third-order valence-electron chi connectivity index (χ3n) is 4.65. The van der Waals surface area contributed by atoms with Crippen molar-refractivity contribution in [1.29, 1.82) is 0 Å². The fourth-order valence-electron chi connectivity index (χ4n) is 3.36. The molecule has 0 saturated carbocycles. The Morgan fingerprint density at radius 2 is 2.17 bits per heavy atom. The molecule has 0 radical (unpaired) electrons. The van der Waals surface area contributed by atoms with Gasteiger partial charge in [0, 0.05) is 32.2 Å². The lowest BCUT2D eigenvalue weighted by Gasteiger charge is -2.34. The van der Waals surface area contributed by atoms with Crippen LogP contribution in [0.25, 0.3) is 10.2 Å². The van der Waals surface area contributed by atoms with Gasteiger partial charge in [-0.15, -0.1) is 0 Å². The SMILES string of the molecule is O=C(N[C@H]1CCCN(c2nc3ccccc3s2)C1)N1CC=CCC1. The number of rotatable bonds is 2. The second-order valence-corrected chi connectivity index (χ2v) is 7.41. The smallest absolute Gasteiger partial charge is 0.317 e. The molecule has 1 aromatic carbocycles. The molecule has 0 aliphatic carbocycles. The number of carbonyl (C=O) groups is 1. The molecule has 1 aromatic heterocycles. The molecule has 5 nitrogen and oxygen atoms in total. The van der Waals surface area contributed by atoms with Gasteiger partial charge in [-0.25, -0.2) is 9.78 Å². The van der Waals surface area contributed by atoms with Crippen molar-refractivity contribution >= 4 is 32.7 Å². The molecule has 1 atom stereocenters. The first-order chi connectivity index (χ1) is 11.8. The average Bonchev–Trinajstić information content (AvgIpc) is 3.07. The van der Waals surface area contributed by atoms with Crippen LogP contribution in [0.5, 0.6) is 0 Å². The molecule has 0 bridgehead atoms. The van der Waals surface area contributed by atoms with Crippen molar-refractivity contribution < 1.29 is 4.79 Å². The summed E-state index contributed by atoms with van der Waals surface area (Å²) in [7, 11) is 0. The molecule has 2 aliphatic heterocycles. The Morgan fingerprint density at radius 3 is 3.00 bits per heavy atom. The summed E-state index contributed by atoms with van der Waals surface area (Å²) in [6, 6.07) is 8.51. The summed E-state index contributed by atoms with van der Waals surface area (Å²) in [6.07, 6.45) is 7.28. The number of nitrogens with one attached hydrogen (secondary N) is 1. The Kier molecular flexibility index (Phi) is 4.38. The van der Waals surface area contributed by atoms with E-state index < -0.39 is 0 Å². The Labute approximate surface area is 146 Å². The largest absolute Gasteiger partial charge is 0.346 e. The zero-order chi connectivity index (χ0) is 16.4. The highest BCUT2D eigenvalue weighted by atomic mass is 32.1. The number of para-hydroxylation sites is 1. The first kappa shape index (κ1) is 15.4. The van der Waals surface area contributed by atoms with E-state index in [2.05, 4.69) is 40.6 Å². The fraction of sp³-hybridized carbons (Fsp3) is 0.444. The molecule has 0 unspecified atom stereocenters. The minimum absolute atomic E-state index is 0.0653. The molecular formula is C18H22N4OS. The Bertz CT molecular complexity index is 723. The molecule has 2 aliphatic rings. The molecule has 6 heteroatoms. The van der Waals surface area contributed by atoms with Gasteiger partial charge >= 0.3 is 6.03 Å². The highest BCUT2D eigenvalue weighted by molar-refractivity contribution is 7.22. The number of piperidine rings is 1. The molecule has 4 rings (SSSR count). The lowest BCUT2D eigenvalue weighted by molar-refractivity contribution is 0.196. The van der Waals surface area contributed by atoms with Gasteiger partial charge in [0.25, 0.3) is 0 Å². The van der Waals surface area contributed by atoms with Gasteiger partial charge in [-0.2, -0.15) is 0 Å². The van der Waals surface area contributed by atoms with Crippen LogP contribution in [0.2, 0.25) is 0 Å².